The first-order valence-corrected chi connectivity index (χ1v) is 17.9. The molecule has 2 aliphatic carbocycles. The first-order chi connectivity index (χ1) is 20.3. The van der Waals surface area contributed by atoms with E-state index < -0.39 is 11.7 Å². The van der Waals surface area contributed by atoms with Crippen LogP contribution in [0.25, 0.3) is 0 Å². The Balaban J connectivity index is 1.80. The fraction of sp³-hybridized carbons (Fsp3) is 0.865. The molecule has 6 heteroatoms. The average molecular weight is 608 g/mol. The SMILES string of the molecule is CC1(C)CCCCCCCC(C)(Nc2cc(NC3CCCCCCCCCCC(C)(C)CC3)c(C(F)(F)F)cn2)CCC1. The van der Waals surface area contributed by atoms with Gasteiger partial charge in [0.2, 0.25) is 0 Å². The number of pyridine rings is 1. The van der Waals surface area contributed by atoms with Crippen LogP contribution in [-0.2, 0) is 6.18 Å². The molecule has 2 saturated carbocycles. The third-order valence-corrected chi connectivity index (χ3v) is 10.5. The maximum Gasteiger partial charge on any atom is 0.419 e. The van der Waals surface area contributed by atoms with Crippen molar-refractivity contribution in [2.45, 2.75) is 194 Å². The van der Waals surface area contributed by atoms with E-state index in [9.17, 15) is 13.2 Å². The molecule has 0 aliphatic heterocycles. The van der Waals surface area contributed by atoms with Crippen LogP contribution >= 0.6 is 0 Å². The summed E-state index contributed by atoms with van der Waals surface area (Å²) in [5, 5.41) is 7.09. The van der Waals surface area contributed by atoms with E-state index in [0.717, 1.165) is 64.0 Å². The van der Waals surface area contributed by atoms with E-state index in [0.29, 0.717) is 11.2 Å². The number of anilines is 2. The summed E-state index contributed by atoms with van der Waals surface area (Å²) in [7, 11) is 0. The van der Waals surface area contributed by atoms with E-state index in [-0.39, 0.29) is 22.7 Å². The van der Waals surface area contributed by atoms with Gasteiger partial charge in [0.1, 0.15) is 5.82 Å². The second kappa shape index (κ2) is 16.7. The third-order valence-electron chi connectivity index (χ3n) is 10.5. The number of hydrogen-bond acceptors (Lipinski definition) is 3. The standard InChI is InChI=1S/C37H64F3N3/c1-34(2)22-16-13-10-14-18-25-36(5,26-19-24-34)43-33-28-32(31(29-41-33)37(38,39)40)42-30-20-15-11-8-6-7-9-12-17-23-35(3,4)27-21-30/h28-30H,6-27H2,1-5H3,(H2,41,42,43). The van der Waals surface area contributed by atoms with Crippen LogP contribution in [0.5, 0.6) is 0 Å². The highest BCUT2D eigenvalue weighted by Gasteiger charge is 2.36. The molecule has 3 rings (SSSR count). The van der Waals surface area contributed by atoms with Gasteiger partial charge in [0.25, 0.3) is 0 Å². The van der Waals surface area contributed by atoms with E-state index in [1.54, 1.807) is 6.07 Å². The fourth-order valence-electron chi connectivity index (χ4n) is 7.41. The zero-order chi connectivity index (χ0) is 31.4. The molecule has 2 fully saturated rings. The van der Waals surface area contributed by atoms with Gasteiger partial charge < -0.3 is 10.6 Å². The second-order valence-corrected chi connectivity index (χ2v) is 16.0. The molecule has 2 atom stereocenters. The lowest BCUT2D eigenvalue weighted by molar-refractivity contribution is -0.137. The summed E-state index contributed by atoms with van der Waals surface area (Å²) < 4.78 is 42.8. The number of hydrogen-bond donors (Lipinski definition) is 2. The van der Waals surface area contributed by atoms with Crippen LogP contribution in [0.2, 0.25) is 0 Å². The molecular weight excluding hydrogens is 543 g/mol. The van der Waals surface area contributed by atoms with Gasteiger partial charge in [0, 0.05) is 23.8 Å². The van der Waals surface area contributed by atoms with Crippen molar-refractivity contribution in [2.24, 2.45) is 10.8 Å². The van der Waals surface area contributed by atoms with Crippen molar-refractivity contribution in [1.29, 1.82) is 0 Å². The molecule has 1 aromatic rings. The summed E-state index contributed by atoms with van der Waals surface area (Å²) >= 11 is 0. The number of aromatic nitrogens is 1. The molecule has 0 spiro atoms. The maximum absolute atomic E-state index is 14.3. The van der Waals surface area contributed by atoms with E-state index in [4.69, 9.17) is 0 Å². The Labute approximate surface area is 262 Å². The lowest BCUT2D eigenvalue weighted by atomic mass is 9.78. The molecule has 0 radical (unpaired) electrons. The van der Waals surface area contributed by atoms with Crippen molar-refractivity contribution in [3.8, 4) is 0 Å². The Hall–Kier alpha value is -1.46. The Bertz CT molecular complexity index is 942. The van der Waals surface area contributed by atoms with Crippen LogP contribution in [0.1, 0.15) is 181 Å². The Kier molecular flexibility index (Phi) is 14.0. The van der Waals surface area contributed by atoms with Gasteiger partial charge in [-0.25, -0.2) is 4.98 Å². The van der Waals surface area contributed by atoms with E-state index in [1.807, 2.05) is 0 Å². The summed E-state index contributed by atoms with van der Waals surface area (Å²) in [6.45, 7) is 11.7. The van der Waals surface area contributed by atoms with Gasteiger partial charge in [-0.2, -0.15) is 13.2 Å². The fourth-order valence-corrected chi connectivity index (χ4v) is 7.41. The van der Waals surface area contributed by atoms with Crippen molar-refractivity contribution in [3.63, 3.8) is 0 Å². The van der Waals surface area contributed by atoms with Gasteiger partial charge in [-0.05, 0) is 69.1 Å². The van der Waals surface area contributed by atoms with Crippen LogP contribution in [0, 0.1) is 10.8 Å². The Morgan fingerprint density at radius 2 is 1.12 bits per heavy atom. The van der Waals surface area contributed by atoms with Crippen LogP contribution in [0.4, 0.5) is 24.7 Å². The third kappa shape index (κ3) is 13.6. The quantitative estimate of drug-likeness (QED) is 0.357. The van der Waals surface area contributed by atoms with Crippen molar-refractivity contribution in [1.82, 2.24) is 4.98 Å². The van der Waals surface area contributed by atoms with E-state index in [2.05, 4.69) is 50.2 Å². The summed E-state index contributed by atoms with van der Waals surface area (Å²) in [6, 6.07) is 1.68. The van der Waals surface area contributed by atoms with Gasteiger partial charge in [0.15, 0.2) is 0 Å². The molecule has 3 nitrogen and oxygen atoms in total. The second-order valence-electron chi connectivity index (χ2n) is 16.0. The first kappa shape index (κ1) is 36.0. The number of nitrogens with one attached hydrogen (secondary N) is 2. The lowest BCUT2D eigenvalue weighted by Gasteiger charge is -2.34. The first-order valence-electron chi connectivity index (χ1n) is 17.9. The number of halogens is 3. The topological polar surface area (TPSA) is 37.0 Å². The highest BCUT2D eigenvalue weighted by atomic mass is 19.4. The van der Waals surface area contributed by atoms with Gasteiger partial charge in [0.05, 0.1) is 11.3 Å². The van der Waals surface area contributed by atoms with Crippen molar-refractivity contribution < 1.29 is 13.2 Å². The summed E-state index contributed by atoms with van der Waals surface area (Å²) in [5.41, 5.74) is -0.106. The molecule has 248 valence electrons. The van der Waals surface area contributed by atoms with Crippen LogP contribution in [-0.4, -0.2) is 16.6 Å². The minimum absolute atomic E-state index is 0.0257. The van der Waals surface area contributed by atoms with Crippen LogP contribution < -0.4 is 10.6 Å². The summed E-state index contributed by atoms with van der Waals surface area (Å²) in [4.78, 5) is 4.35. The molecule has 2 N–H and O–H groups in total. The van der Waals surface area contributed by atoms with E-state index >= 15 is 0 Å². The summed E-state index contributed by atoms with van der Waals surface area (Å²) in [6.07, 6.45) is 22.3. The molecule has 0 bridgehead atoms. The predicted molar refractivity (Wildman–Crippen MR) is 178 cm³/mol. The smallest absolute Gasteiger partial charge is 0.382 e. The predicted octanol–water partition coefficient (Wildman–Crippen LogP) is 12.7. The molecular formula is C37H64F3N3. The highest BCUT2D eigenvalue weighted by Crippen LogP contribution is 2.39. The Morgan fingerprint density at radius 3 is 1.72 bits per heavy atom. The van der Waals surface area contributed by atoms with Gasteiger partial charge in [-0.3, -0.25) is 0 Å². The van der Waals surface area contributed by atoms with Gasteiger partial charge in [-0.1, -0.05) is 118 Å². The highest BCUT2D eigenvalue weighted by molar-refractivity contribution is 5.59. The average Bonchev–Trinajstić information content (AvgIpc) is 2.90. The monoisotopic (exact) mass is 608 g/mol. The number of nitrogens with zero attached hydrogens (tertiary/aromatic N) is 1. The molecule has 2 aliphatic rings. The summed E-state index contributed by atoms with van der Waals surface area (Å²) in [5.74, 6) is 0.561. The van der Waals surface area contributed by atoms with Gasteiger partial charge >= 0.3 is 6.18 Å². The molecule has 0 amide bonds. The van der Waals surface area contributed by atoms with Crippen molar-refractivity contribution >= 4 is 11.5 Å². The minimum atomic E-state index is -4.45. The molecule has 1 aromatic heterocycles. The zero-order valence-electron chi connectivity index (χ0n) is 28.4. The normalized spacial score (nSPS) is 27.6. The molecule has 0 aromatic carbocycles. The van der Waals surface area contributed by atoms with Gasteiger partial charge in [-0.15, -0.1) is 0 Å². The van der Waals surface area contributed by atoms with E-state index in [1.165, 1.54) is 83.5 Å². The largest absolute Gasteiger partial charge is 0.419 e. The molecule has 0 saturated heterocycles. The number of alkyl halides is 3. The lowest BCUT2D eigenvalue weighted by Crippen LogP contribution is -2.36. The molecule has 43 heavy (non-hydrogen) atoms. The Morgan fingerprint density at radius 1 is 0.628 bits per heavy atom. The molecule has 1 heterocycles. The zero-order valence-corrected chi connectivity index (χ0v) is 28.4. The molecule has 2 unspecified atom stereocenters. The van der Waals surface area contributed by atoms with Crippen molar-refractivity contribution in [3.05, 3.63) is 17.8 Å². The minimum Gasteiger partial charge on any atom is -0.382 e. The van der Waals surface area contributed by atoms with Crippen LogP contribution in [0.3, 0.4) is 0 Å². The van der Waals surface area contributed by atoms with Crippen molar-refractivity contribution in [2.75, 3.05) is 10.6 Å². The van der Waals surface area contributed by atoms with Crippen LogP contribution in [0.15, 0.2) is 12.3 Å². The number of rotatable bonds is 4. The maximum atomic E-state index is 14.3.